The molecule has 16 heavy (non-hydrogen) atoms. The maximum absolute atomic E-state index is 10.5. The first kappa shape index (κ1) is 10.3. The van der Waals surface area contributed by atoms with E-state index in [-0.39, 0.29) is 16.6 Å². The molecule has 1 aromatic carbocycles. The zero-order chi connectivity index (χ0) is 11.5. The van der Waals surface area contributed by atoms with Crippen molar-refractivity contribution in [2.24, 2.45) is 0 Å². The van der Waals surface area contributed by atoms with Crippen LogP contribution in [0.3, 0.4) is 0 Å². The van der Waals surface area contributed by atoms with E-state index in [4.69, 9.17) is 5.21 Å². The van der Waals surface area contributed by atoms with Gasteiger partial charge in [-0.15, -0.1) is 5.10 Å². The van der Waals surface area contributed by atoms with Gasteiger partial charge in [-0.2, -0.15) is 0 Å². The van der Waals surface area contributed by atoms with E-state index in [0.717, 1.165) is 0 Å². The molecule has 0 aliphatic heterocycles. The van der Waals surface area contributed by atoms with Gasteiger partial charge in [-0.25, -0.2) is 4.68 Å². The summed E-state index contributed by atoms with van der Waals surface area (Å²) in [6.07, 6.45) is 2.04. The largest absolute Gasteiger partial charge is 0.733 e. The van der Waals surface area contributed by atoms with E-state index in [2.05, 4.69) is 10.3 Å². The van der Waals surface area contributed by atoms with Gasteiger partial charge in [-0.3, -0.25) is 10.0 Å². The molecule has 0 saturated carbocycles. The summed E-state index contributed by atoms with van der Waals surface area (Å²) >= 11 is 0. The van der Waals surface area contributed by atoms with E-state index in [1.807, 2.05) is 0 Å². The Hall–Kier alpha value is -2.25. The summed E-state index contributed by atoms with van der Waals surface area (Å²) in [5.41, 5.74) is 0.961. The van der Waals surface area contributed by atoms with Gasteiger partial charge in [0, 0.05) is 0 Å². The Balaban J connectivity index is 2.30. The summed E-state index contributed by atoms with van der Waals surface area (Å²) < 4.78 is 1.39. The molecule has 7 nitrogen and oxygen atoms in total. The molecule has 0 unspecified atom stereocenters. The van der Waals surface area contributed by atoms with Crippen LogP contribution in [0.4, 0.5) is 5.69 Å². The second kappa shape index (κ2) is 4.09. The Morgan fingerprint density at radius 1 is 1.38 bits per heavy atom. The Morgan fingerprint density at radius 3 is 2.56 bits per heavy atom. The molecular weight excluding hydrogens is 212 g/mol. The van der Waals surface area contributed by atoms with Crippen molar-refractivity contribution < 1.29 is 10.0 Å². The number of nitrogens with zero attached hydrogens (tertiary/aromatic N) is 4. The van der Waals surface area contributed by atoms with Crippen molar-refractivity contribution in [2.45, 2.75) is 0 Å². The minimum absolute atomic E-state index is 0.111. The molecule has 1 heterocycles. The Labute approximate surface area is 90.1 Å². The number of aldehydes is 1. The van der Waals surface area contributed by atoms with Crippen molar-refractivity contribution in [3.63, 3.8) is 0 Å². The van der Waals surface area contributed by atoms with Gasteiger partial charge >= 0.3 is 0 Å². The first-order chi connectivity index (χ1) is 7.70. The highest BCUT2D eigenvalue weighted by Gasteiger charge is 2.01. The molecule has 0 radical (unpaired) electrons. The minimum atomic E-state index is -0.234. The monoisotopic (exact) mass is 219 g/mol. The van der Waals surface area contributed by atoms with E-state index < -0.39 is 0 Å². The number of hydrogen-bond donors (Lipinski definition) is 1. The molecule has 1 N–H and O–H groups in total. The maximum atomic E-state index is 10.5. The van der Waals surface area contributed by atoms with Crippen LogP contribution in [0.1, 0.15) is 10.5 Å². The summed E-state index contributed by atoms with van der Waals surface area (Å²) in [4.78, 5) is 10.4. The summed E-state index contributed by atoms with van der Waals surface area (Å²) in [6, 6.07) is 5.98. The summed E-state index contributed by atoms with van der Waals surface area (Å²) in [6.45, 7) is 0. The van der Waals surface area contributed by atoms with Gasteiger partial charge in [-0.05, 0) is 24.3 Å². The molecule has 0 atom stereocenters. The number of carbonyl (C=O) groups is 1. The van der Waals surface area contributed by atoms with Crippen molar-refractivity contribution in [1.82, 2.24) is 15.0 Å². The van der Waals surface area contributed by atoms with Gasteiger partial charge in [0.05, 0.1) is 17.6 Å². The van der Waals surface area contributed by atoms with Crippen LogP contribution in [0.2, 0.25) is 0 Å². The first-order valence-electron chi connectivity index (χ1n) is 4.35. The third-order valence-electron chi connectivity index (χ3n) is 1.97. The van der Waals surface area contributed by atoms with Crippen LogP contribution in [0.15, 0.2) is 30.5 Å². The van der Waals surface area contributed by atoms with Gasteiger partial charge in [0.2, 0.25) is 0 Å². The Morgan fingerprint density at radius 2 is 2.06 bits per heavy atom. The molecule has 0 bridgehead atoms. The number of aromatic nitrogens is 3. The molecule has 0 saturated heterocycles. The van der Waals surface area contributed by atoms with Gasteiger partial charge in [-0.1, -0.05) is 5.21 Å². The molecule has 1 aromatic heterocycles. The zero-order valence-electron chi connectivity index (χ0n) is 8.02. The molecule has 0 fully saturated rings. The van der Waals surface area contributed by atoms with E-state index in [9.17, 15) is 10.0 Å². The van der Waals surface area contributed by atoms with E-state index in [0.29, 0.717) is 12.0 Å². The summed E-state index contributed by atoms with van der Waals surface area (Å²) in [5.74, 6) is 0. The molecule has 82 valence electrons. The lowest BCUT2D eigenvalue weighted by Gasteiger charge is -2.21. The standard InChI is InChI=1S/C9H7N4O3/c14-6-7-5-12(11-10-7)8-1-3-9(4-2-8)13(15)16/h1-6,15H/q-1. The van der Waals surface area contributed by atoms with Gasteiger partial charge in [0.1, 0.15) is 5.69 Å². The fraction of sp³-hybridized carbons (Fsp3) is 0. The minimum Gasteiger partial charge on any atom is -0.733 e. The molecule has 2 aromatic rings. The lowest BCUT2D eigenvalue weighted by atomic mass is 10.3. The van der Waals surface area contributed by atoms with Crippen molar-refractivity contribution in [1.29, 1.82) is 0 Å². The van der Waals surface area contributed by atoms with Crippen LogP contribution in [0.25, 0.3) is 5.69 Å². The second-order valence-corrected chi connectivity index (χ2v) is 3.00. The second-order valence-electron chi connectivity index (χ2n) is 3.00. The van der Waals surface area contributed by atoms with Crippen LogP contribution in [-0.4, -0.2) is 26.5 Å². The normalized spacial score (nSPS) is 10.1. The molecule has 2 rings (SSSR count). The highest BCUT2D eigenvalue weighted by molar-refractivity contribution is 5.70. The van der Waals surface area contributed by atoms with Gasteiger partial charge < -0.3 is 10.4 Å². The van der Waals surface area contributed by atoms with Crippen molar-refractivity contribution >= 4 is 12.0 Å². The Bertz CT molecular complexity index is 492. The molecule has 0 amide bonds. The third-order valence-corrected chi connectivity index (χ3v) is 1.97. The summed E-state index contributed by atoms with van der Waals surface area (Å²) in [5, 5.41) is 26.2. The van der Waals surface area contributed by atoms with Crippen molar-refractivity contribution in [3.8, 4) is 5.69 Å². The first-order valence-corrected chi connectivity index (χ1v) is 4.35. The van der Waals surface area contributed by atoms with Crippen molar-refractivity contribution in [3.05, 3.63) is 41.4 Å². The van der Waals surface area contributed by atoms with E-state index in [1.54, 1.807) is 12.1 Å². The fourth-order valence-electron chi connectivity index (χ4n) is 1.19. The number of benzene rings is 1. The smallest absolute Gasteiger partial charge is 0.171 e. The van der Waals surface area contributed by atoms with Crippen LogP contribution in [0.5, 0.6) is 0 Å². The fourth-order valence-corrected chi connectivity index (χ4v) is 1.19. The lowest BCUT2D eigenvalue weighted by Crippen LogP contribution is -2.06. The quantitative estimate of drug-likeness (QED) is 0.605. The molecule has 7 heteroatoms. The third kappa shape index (κ3) is 1.90. The van der Waals surface area contributed by atoms with Crippen LogP contribution >= 0.6 is 0 Å². The van der Waals surface area contributed by atoms with Gasteiger partial charge in [0.15, 0.2) is 6.29 Å². The maximum Gasteiger partial charge on any atom is 0.171 e. The van der Waals surface area contributed by atoms with Crippen LogP contribution < -0.4 is 5.23 Å². The number of anilines is 1. The Kier molecular flexibility index (Phi) is 2.63. The predicted octanol–water partition coefficient (Wildman–Crippen LogP) is 0.773. The predicted molar refractivity (Wildman–Crippen MR) is 54.4 cm³/mol. The van der Waals surface area contributed by atoms with Gasteiger partial charge in [0.25, 0.3) is 0 Å². The highest BCUT2D eigenvalue weighted by atomic mass is 16.8. The lowest BCUT2D eigenvalue weighted by molar-refractivity contribution is 0.111. The summed E-state index contributed by atoms with van der Waals surface area (Å²) in [7, 11) is 0. The molecule has 0 spiro atoms. The number of carbonyl (C=O) groups excluding carboxylic acids is 1. The average molecular weight is 219 g/mol. The molecule has 0 aliphatic carbocycles. The average Bonchev–Trinajstić information content (AvgIpc) is 2.77. The van der Waals surface area contributed by atoms with E-state index in [1.165, 1.54) is 23.0 Å². The zero-order valence-corrected chi connectivity index (χ0v) is 8.02. The van der Waals surface area contributed by atoms with Crippen LogP contribution in [0, 0.1) is 5.21 Å². The van der Waals surface area contributed by atoms with E-state index >= 15 is 0 Å². The SMILES string of the molecule is O=Cc1cn(-c2ccc(N([O-])O)cc2)nn1. The number of hydrogen-bond acceptors (Lipinski definition) is 6. The number of rotatable bonds is 3. The molecular formula is C9H7N4O3-. The van der Waals surface area contributed by atoms with Crippen LogP contribution in [-0.2, 0) is 0 Å². The molecule has 0 aliphatic rings. The highest BCUT2D eigenvalue weighted by Crippen LogP contribution is 2.14. The topological polar surface area (TPSA) is 94.3 Å². The van der Waals surface area contributed by atoms with Crippen molar-refractivity contribution in [2.75, 3.05) is 5.23 Å².